The number of benzene rings is 2. The van der Waals surface area contributed by atoms with E-state index in [1.807, 2.05) is 6.92 Å². The predicted molar refractivity (Wildman–Crippen MR) is 138 cm³/mol. The first-order valence-corrected chi connectivity index (χ1v) is 11.8. The molecule has 1 atom stereocenters. The minimum Gasteiger partial charge on any atom is -0.495 e. The van der Waals surface area contributed by atoms with E-state index < -0.39 is 6.04 Å². The first kappa shape index (κ1) is 26.2. The van der Waals surface area contributed by atoms with Crippen molar-refractivity contribution in [1.82, 2.24) is 10.2 Å². The van der Waals surface area contributed by atoms with Gasteiger partial charge in [0.2, 0.25) is 11.8 Å². The molecule has 186 valence electrons. The highest BCUT2D eigenvalue weighted by molar-refractivity contribution is 7.80. The Balaban J connectivity index is 1.79. The average Bonchev–Trinajstić information content (AvgIpc) is 3.04. The van der Waals surface area contributed by atoms with Gasteiger partial charge in [-0.1, -0.05) is 11.6 Å². The number of halogens is 1. The number of rotatable bonds is 10. The summed E-state index contributed by atoms with van der Waals surface area (Å²) in [5.74, 6) is 0.238. The number of hydrogen-bond donors (Lipinski definition) is 2. The highest BCUT2D eigenvalue weighted by Gasteiger charge is 2.44. The lowest BCUT2D eigenvalue weighted by Gasteiger charge is -2.24. The van der Waals surface area contributed by atoms with Gasteiger partial charge in [-0.25, -0.2) is 0 Å². The van der Waals surface area contributed by atoms with Gasteiger partial charge in [0.25, 0.3) is 5.91 Å². The third kappa shape index (κ3) is 6.40. The molecule has 0 saturated carbocycles. The molecular formula is C24H27ClN4O5S. The molecule has 0 bridgehead atoms. The van der Waals surface area contributed by atoms with Crippen LogP contribution in [-0.2, 0) is 14.4 Å². The van der Waals surface area contributed by atoms with E-state index in [-0.39, 0.29) is 42.3 Å². The van der Waals surface area contributed by atoms with Crippen LogP contribution < -0.4 is 25.0 Å². The molecule has 11 heteroatoms. The van der Waals surface area contributed by atoms with Crippen molar-refractivity contribution in [3.63, 3.8) is 0 Å². The second-order valence-electron chi connectivity index (χ2n) is 7.68. The van der Waals surface area contributed by atoms with E-state index in [0.717, 1.165) is 0 Å². The van der Waals surface area contributed by atoms with Gasteiger partial charge in [0.15, 0.2) is 5.11 Å². The van der Waals surface area contributed by atoms with Crippen molar-refractivity contribution in [1.29, 1.82) is 0 Å². The lowest BCUT2D eigenvalue weighted by molar-refractivity contribution is -0.124. The Kier molecular flexibility index (Phi) is 8.89. The summed E-state index contributed by atoms with van der Waals surface area (Å²) in [4.78, 5) is 40.6. The molecule has 0 spiro atoms. The highest BCUT2D eigenvalue weighted by atomic mass is 35.5. The number of ether oxygens (including phenoxy) is 2. The molecule has 0 unspecified atom stereocenters. The SMILES string of the molecule is CCOc1ccc(NC(=O)C[C@H]2C(=O)N(c3ccc(OC)c(Cl)c3)C(=S)N2CCNC(C)=O)cc1. The number of nitrogens with one attached hydrogen (secondary N) is 2. The largest absolute Gasteiger partial charge is 0.495 e. The first-order valence-electron chi connectivity index (χ1n) is 11.0. The fourth-order valence-electron chi connectivity index (χ4n) is 3.66. The van der Waals surface area contributed by atoms with Gasteiger partial charge in [-0.05, 0) is 61.6 Å². The summed E-state index contributed by atoms with van der Waals surface area (Å²) in [7, 11) is 1.50. The maximum atomic E-state index is 13.4. The number of carbonyl (C=O) groups is 3. The molecule has 2 aromatic rings. The molecule has 1 heterocycles. The van der Waals surface area contributed by atoms with Crippen molar-refractivity contribution in [2.24, 2.45) is 0 Å². The number of anilines is 2. The summed E-state index contributed by atoms with van der Waals surface area (Å²) >= 11 is 11.9. The van der Waals surface area contributed by atoms with Crippen LogP contribution in [0.2, 0.25) is 5.02 Å². The molecule has 0 aromatic heterocycles. The van der Waals surface area contributed by atoms with Crippen molar-refractivity contribution in [2.45, 2.75) is 26.3 Å². The number of carbonyl (C=O) groups excluding carboxylic acids is 3. The molecule has 2 aromatic carbocycles. The fourth-order valence-corrected chi connectivity index (χ4v) is 4.33. The average molecular weight is 519 g/mol. The zero-order valence-corrected chi connectivity index (χ0v) is 21.2. The summed E-state index contributed by atoms with van der Waals surface area (Å²) < 4.78 is 10.6. The molecule has 0 radical (unpaired) electrons. The number of nitrogens with zero attached hydrogens (tertiary/aromatic N) is 2. The maximum Gasteiger partial charge on any atom is 0.256 e. The second kappa shape index (κ2) is 11.9. The zero-order chi connectivity index (χ0) is 25.5. The van der Waals surface area contributed by atoms with E-state index in [0.29, 0.717) is 34.5 Å². The highest BCUT2D eigenvalue weighted by Crippen LogP contribution is 2.33. The molecule has 2 N–H and O–H groups in total. The molecule has 35 heavy (non-hydrogen) atoms. The van der Waals surface area contributed by atoms with E-state index >= 15 is 0 Å². The van der Waals surface area contributed by atoms with E-state index in [4.69, 9.17) is 33.3 Å². The third-order valence-corrected chi connectivity index (χ3v) is 5.98. The standard InChI is InChI=1S/C24H27ClN4O5S/c1-4-34-18-8-5-16(6-9-18)27-22(31)14-20-23(32)29(17-7-10-21(33-3)19(25)13-17)24(35)28(20)12-11-26-15(2)30/h5-10,13,20H,4,11-12,14H2,1-3H3,(H,26,30)(H,27,31)/t20-/m0/s1. The molecule has 1 aliphatic rings. The number of thiocarbonyl (C=S) groups is 1. The Morgan fingerprint density at radius 2 is 1.89 bits per heavy atom. The van der Waals surface area contributed by atoms with Crippen LogP contribution in [0.1, 0.15) is 20.3 Å². The summed E-state index contributed by atoms with van der Waals surface area (Å²) in [6.07, 6.45) is -0.132. The topological polar surface area (TPSA) is 100 Å². The first-order chi connectivity index (χ1) is 16.7. The summed E-state index contributed by atoms with van der Waals surface area (Å²) in [6, 6.07) is 11.0. The number of amides is 3. The molecule has 1 fully saturated rings. The molecule has 1 aliphatic heterocycles. The number of hydrogen-bond acceptors (Lipinski definition) is 6. The van der Waals surface area contributed by atoms with Crippen LogP contribution in [0.25, 0.3) is 0 Å². The normalized spacial score (nSPS) is 15.3. The van der Waals surface area contributed by atoms with Gasteiger partial charge in [-0.2, -0.15) is 0 Å². The minimum atomic E-state index is -0.847. The molecule has 3 rings (SSSR count). The van der Waals surface area contributed by atoms with Gasteiger partial charge in [0, 0.05) is 25.7 Å². The lowest BCUT2D eigenvalue weighted by Crippen LogP contribution is -2.42. The Bertz CT molecular complexity index is 1110. The van der Waals surface area contributed by atoms with E-state index in [2.05, 4.69) is 10.6 Å². The van der Waals surface area contributed by atoms with Crippen LogP contribution in [0.4, 0.5) is 11.4 Å². The molecule has 1 saturated heterocycles. The predicted octanol–water partition coefficient (Wildman–Crippen LogP) is 3.21. The second-order valence-corrected chi connectivity index (χ2v) is 8.45. The monoisotopic (exact) mass is 518 g/mol. The summed E-state index contributed by atoms with van der Waals surface area (Å²) in [5, 5.41) is 6.04. The number of methoxy groups -OCH3 is 1. The van der Waals surface area contributed by atoms with Crippen molar-refractivity contribution in [3.05, 3.63) is 47.5 Å². The fraction of sp³-hybridized carbons (Fsp3) is 0.333. The zero-order valence-electron chi connectivity index (χ0n) is 19.7. The van der Waals surface area contributed by atoms with Crippen molar-refractivity contribution < 1.29 is 23.9 Å². The van der Waals surface area contributed by atoms with Gasteiger partial charge in [-0.3, -0.25) is 19.3 Å². The summed E-state index contributed by atoms with van der Waals surface area (Å²) in [6.45, 7) is 4.35. The summed E-state index contributed by atoms with van der Waals surface area (Å²) in [5.41, 5.74) is 1.04. The lowest BCUT2D eigenvalue weighted by atomic mass is 10.1. The molecule has 9 nitrogen and oxygen atoms in total. The molecule has 0 aliphatic carbocycles. The Morgan fingerprint density at radius 3 is 2.49 bits per heavy atom. The minimum absolute atomic E-state index is 0.132. The van der Waals surface area contributed by atoms with Gasteiger partial charge in [-0.15, -0.1) is 0 Å². The maximum absolute atomic E-state index is 13.4. The van der Waals surface area contributed by atoms with E-state index in [1.54, 1.807) is 47.4 Å². The van der Waals surface area contributed by atoms with Crippen molar-refractivity contribution >= 4 is 58.0 Å². The van der Waals surface area contributed by atoms with Gasteiger partial charge in [0.1, 0.15) is 17.5 Å². The Hall–Kier alpha value is -3.37. The van der Waals surface area contributed by atoms with Crippen LogP contribution in [0, 0.1) is 0 Å². The van der Waals surface area contributed by atoms with Crippen LogP contribution in [0.3, 0.4) is 0 Å². The smallest absolute Gasteiger partial charge is 0.256 e. The molecule has 3 amide bonds. The van der Waals surface area contributed by atoms with Gasteiger partial charge >= 0.3 is 0 Å². The van der Waals surface area contributed by atoms with Crippen LogP contribution in [-0.4, -0.2) is 60.6 Å². The quantitative estimate of drug-likeness (QED) is 0.466. The van der Waals surface area contributed by atoms with E-state index in [1.165, 1.54) is 18.9 Å². The van der Waals surface area contributed by atoms with Crippen LogP contribution >= 0.6 is 23.8 Å². The third-order valence-electron chi connectivity index (χ3n) is 5.27. The Morgan fingerprint density at radius 1 is 1.17 bits per heavy atom. The Labute approximate surface area is 214 Å². The van der Waals surface area contributed by atoms with Crippen molar-refractivity contribution in [2.75, 3.05) is 37.0 Å². The van der Waals surface area contributed by atoms with Crippen molar-refractivity contribution in [3.8, 4) is 11.5 Å². The molecular weight excluding hydrogens is 492 g/mol. The van der Waals surface area contributed by atoms with Gasteiger partial charge < -0.3 is 25.0 Å². The van der Waals surface area contributed by atoms with Crippen LogP contribution in [0.5, 0.6) is 11.5 Å². The van der Waals surface area contributed by atoms with Crippen LogP contribution in [0.15, 0.2) is 42.5 Å². The van der Waals surface area contributed by atoms with E-state index in [9.17, 15) is 14.4 Å². The van der Waals surface area contributed by atoms with Gasteiger partial charge in [0.05, 0.1) is 30.8 Å².